The van der Waals surface area contributed by atoms with E-state index in [2.05, 4.69) is 0 Å². The molecule has 1 saturated heterocycles. The third-order valence-corrected chi connectivity index (χ3v) is 2.47. The van der Waals surface area contributed by atoms with Gasteiger partial charge in [0.25, 0.3) is 0 Å². The fourth-order valence-electron chi connectivity index (χ4n) is 1.81. The smallest absolute Gasteiger partial charge is 0.333 e. The van der Waals surface area contributed by atoms with Gasteiger partial charge in [0.05, 0.1) is 19.8 Å². The molecular formula is C10H14O4. The molecule has 2 aliphatic rings. The predicted molar refractivity (Wildman–Crippen MR) is 48.6 cm³/mol. The number of esters is 1. The second kappa shape index (κ2) is 3.71. The van der Waals surface area contributed by atoms with E-state index in [1.54, 1.807) is 6.92 Å². The molecule has 1 aliphatic heterocycles. The van der Waals surface area contributed by atoms with Crippen LogP contribution < -0.4 is 0 Å². The Bertz CT molecular complexity index is 263. The molecule has 0 unspecified atom stereocenters. The summed E-state index contributed by atoms with van der Waals surface area (Å²) >= 11 is 0. The number of carbonyl (C=O) groups is 1. The summed E-state index contributed by atoms with van der Waals surface area (Å²) in [4.78, 5) is 11.4. The minimum atomic E-state index is -0.553. The zero-order chi connectivity index (χ0) is 10.0. The van der Waals surface area contributed by atoms with E-state index in [1.807, 2.05) is 6.08 Å². The van der Waals surface area contributed by atoms with Gasteiger partial charge in [-0.1, -0.05) is 6.08 Å². The zero-order valence-corrected chi connectivity index (χ0v) is 8.25. The van der Waals surface area contributed by atoms with Gasteiger partial charge in [-0.2, -0.15) is 0 Å². The van der Waals surface area contributed by atoms with Gasteiger partial charge in [-0.3, -0.25) is 0 Å². The first-order chi connectivity index (χ1) is 6.76. The normalized spacial score (nSPS) is 23.9. The predicted octanol–water partition coefficient (Wildman–Crippen LogP) is 1.01. The zero-order valence-electron chi connectivity index (χ0n) is 8.25. The van der Waals surface area contributed by atoms with Crippen molar-refractivity contribution in [2.75, 3.05) is 19.8 Å². The second-order valence-electron chi connectivity index (χ2n) is 3.44. The summed E-state index contributed by atoms with van der Waals surface area (Å²) in [6, 6.07) is 0. The molecule has 0 amide bonds. The van der Waals surface area contributed by atoms with Crippen LogP contribution >= 0.6 is 0 Å². The third kappa shape index (κ3) is 1.67. The van der Waals surface area contributed by atoms with E-state index >= 15 is 0 Å². The lowest BCUT2D eigenvalue weighted by Crippen LogP contribution is -2.27. The number of rotatable bonds is 2. The van der Waals surface area contributed by atoms with Crippen molar-refractivity contribution in [2.45, 2.75) is 25.6 Å². The van der Waals surface area contributed by atoms with Crippen molar-refractivity contribution in [1.29, 1.82) is 0 Å². The molecule has 2 rings (SSSR count). The average Bonchev–Trinajstić information content (AvgIpc) is 2.78. The summed E-state index contributed by atoms with van der Waals surface area (Å²) in [6.07, 6.45) is 3.02. The van der Waals surface area contributed by atoms with E-state index in [0.717, 1.165) is 0 Å². The van der Waals surface area contributed by atoms with Crippen molar-refractivity contribution in [1.82, 2.24) is 0 Å². The third-order valence-electron chi connectivity index (χ3n) is 2.47. The highest BCUT2D eigenvalue weighted by molar-refractivity contribution is 5.89. The van der Waals surface area contributed by atoms with Crippen LogP contribution in [0.25, 0.3) is 0 Å². The molecule has 78 valence electrons. The minimum Gasteiger partial charge on any atom is -0.463 e. The molecular weight excluding hydrogens is 184 g/mol. The van der Waals surface area contributed by atoms with Crippen LogP contribution in [0.15, 0.2) is 11.6 Å². The molecule has 1 aliphatic carbocycles. The molecule has 0 radical (unpaired) electrons. The standard InChI is InChI=1S/C10H14O4/c1-2-12-9(11)8-3-4-10(7-8)13-5-6-14-10/h3H,2,4-7H2,1H3. The van der Waals surface area contributed by atoms with E-state index in [1.165, 1.54) is 0 Å². The Labute approximate surface area is 82.8 Å². The first-order valence-electron chi connectivity index (χ1n) is 4.90. The van der Waals surface area contributed by atoms with Crippen LogP contribution in [0.5, 0.6) is 0 Å². The van der Waals surface area contributed by atoms with Crippen LogP contribution in [0.4, 0.5) is 0 Å². The highest BCUT2D eigenvalue weighted by Crippen LogP contribution is 2.37. The average molecular weight is 198 g/mol. The van der Waals surface area contributed by atoms with E-state index in [0.29, 0.717) is 38.2 Å². The van der Waals surface area contributed by atoms with Crippen LogP contribution in [0.2, 0.25) is 0 Å². The monoisotopic (exact) mass is 198 g/mol. The van der Waals surface area contributed by atoms with Gasteiger partial charge in [0, 0.05) is 18.4 Å². The molecule has 0 atom stereocenters. The Hall–Kier alpha value is -0.870. The largest absolute Gasteiger partial charge is 0.463 e. The molecule has 0 bridgehead atoms. The van der Waals surface area contributed by atoms with Crippen molar-refractivity contribution in [3.63, 3.8) is 0 Å². The van der Waals surface area contributed by atoms with Crippen molar-refractivity contribution in [3.8, 4) is 0 Å². The molecule has 4 heteroatoms. The summed E-state index contributed by atoms with van der Waals surface area (Å²) < 4.78 is 15.9. The molecule has 1 heterocycles. The lowest BCUT2D eigenvalue weighted by Gasteiger charge is -2.21. The molecule has 0 N–H and O–H groups in total. The van der Waals surface area contributed by atoms with Gasteiger partial charge in [0.1, 0.15) is 0 Å². The van der Waals surface area contributed by atoms with Crippen molar-refractivity contribution >= 4 is 5.97 Å². The summed E-state index contributed by atoms with van der Waals surface area (Å²) in [5.74, 6) is -0.800. The van der Waals surface area contributed by atoms with Gasteiger partial charge >= 0.3 is 5.97 Å². The highest BCUT2D eigenvalue weighted by atomic mass is 16.7. The maximum Gasteiger partial charge on any atom is 0.333 e. The fourth-order valence-corrected chi connectivity index (χ4v) is 1.81. The van der Waals surface area contributed by atoms with Crippen LogP contribution in [-0.4, -0.2) is 31.6 Å². The quantitative estimate of drug-likeness (QED) is 0.621. The first kappa shape index (κ1) is 9.68. The SMILES string of the molecule is CCOC(=O)C1=CCC2(C1)OCCO2. The molecule has 4 nitrogen and oxygen atoms in total. The molecule has 0 saturated carbocycles. The summed E-state index contributed by atoms with van der Waals surface area (Å²) in [5.41, 5.74) is 0.675. The van der Waals surface area contributed by atoms with Crippen LogP contribution in [0.1, 0.15) is 19.8 Å². The Morgan fingerprint density at radius 1 is 1.57 bits per heavy atom. The van der Waals surface area contributed by atoms with Gasteiger partial charge in [-0.05, 0) is 6.92 Å². The van der Waals surface area contributed by atoms with E-state index in [-0.39, 0.29) is 5.97 Å². The van der Waals surface area contributed by atoms with Gasteiger partial charge in [-0.25, -0.2) is 4.79 Å². The lowest BCUT2D eigenvalue weighted by atomic mass is 10.2. The number of carbonyl (C=O) groups excluding carboxylic acids is 1. The fraction of sp³-hybridized carbons (Fsp3) is 0.700. The first-order valence-corrected chi connectivity index (χ1v) is 4.90. The molecule has 14 heavy (non-hydrogen) atoms. The summed E-state index contributed by atoms with van der Waals surface area (Å²) in [5, 5.41) is 0. The molecule has 1 fully saturated rings. The van der Waals surface area contributed by atoms with Crippen molar-refractivity contribution in [2.24, 2.45) is 0 Å². The van der Waals surface area contributed by atoms with Gasteiger partial charge < -0.3 is 14.2 Å². The molecule has 1 spiro atoms. The Balaban J connectivity index is 1.95. The highest BCUT2D eigenvalue weighted by Gasteiger charge is 2.42. The molecule has 0 aromatic carbocycles. The topological polar surface area (TPSA) is 44.8 Å². The lowest BCUT2D eigenvalue weighted by molar-refractivity contribution is -0.152. The Morgan fingerprint density at radius 3 is 2.93 bits per heavy atom. The number of hydrogen-bond acceptors (Lipinski definition) is 4. The Kier molecular flexibility index (Phi) is 2.56. The van der Waals surface area contributed by atoms with E-state index in [9.17, 15) is 4.79 Å². The maximum atomic E-state index is 11.4. The number of hydrogen-bond donors (Lipinski definition) is 0. The maximum absolute atomic E-state index is 11.4. The van der Waals surface area contributed by atoms with E-state index in [4.69, 9.17) is 14.2 Å². The van der Waals surface area contributed by atoms with Gasteiger partial charge in [0.2, 0.25) is 0 Å². The van der Waals surface area contributed by atoms with E-state index < -0.39 is 5.79 Å². The van der Waals surface area contributed by atoms with Crippen LogP contribution in [0.3, 0.4) is 0 Å². The molecule has 0 aromatic rings. The minimum absolute atomic E-state index is 0.247. The van der Waals surface area contributed by atoms with Crippen molar-refractivity contribution < 1.29 is 19.0 Å². The van der Waals surface area contributed by atoms with Crippen LogP contribution in [0, 0.1) is 0 Å². The van der Waals surface area contributed by atoms with Gasteiger partial charge in [0.15, 0.2) is 5.79 Å². The summed E-state index contributed by atoms with van der Waals surface area (Å²) in [6.45, 7) is 3.44. The Morgan fingerprint density at radius 2 is 2.29 bits per heavy atom. The molecule has 0 aromatic heterocycles. The van der Waals surface area contributed by atoms with Crippen molar-refractivity contribution in [3.05, 3.63) is 11.6 Å². The number of ether oxygens (including phenoxy) is 3. The van der Waals surface area contributed by atoms with Crippen LogP contribution in [-0.2, 0) is 19.0 Å². The van der Waals surface area contributed by atoms with Gasteiger partial charge in [-0.15, -0.1) is 0 Å². The second-order valence-corrected chi connectivity index (χ2v) is 3.44. The summed E-state index contributed by atoms with van der Waals surface area (Å²) in [7, 11) is 0.